The first-order valence-electron chi connectivity index (χ1n) is 5.53. The fourth-order valence-corrected chi connectivity index (χ4v) is 2.54. The van der Waals surface area contributed by atoms with Crippen LogP contribution in [0.25, 0.3) is 11.3 Å². The van der Waals surface area contributed by atoms with Crippen LogP contribution >= 0.6 is 27.5 Å². The fraction of sp³-hybridized carbons (Fsp3) is 0.154. The molecule has 2 rings (SSSR count). The van der Waals surface area contributed by atoms with E-state index in [9.17, 15) is 18.0 Å². The molecule has 106 valence electrons. The SMILES string of the molecule is O=c1c(Cl)ccc(-c2c(F)cccc2Br)n1CC(F)F. The Morgan fingerprint density at radius 2 is 1.95 bits per heavy atom. The molecule has 0 bridgehead atoms. The van der Waals surface area contributed by atoms with Crippen molar-refractivity contribution in [3.05, 3.63) is 56.0 Å². The van der Waals surface area contributed by atoms with E-state index in [1.54, 1.807) is 6.07 Å². The van der Waals surface area contributed by atoms with Crippen molar-refractivity contribution in [2.24, 2.45) is 0 Å². The quantitative estimate of drug-likeness (QED) is 0.792. The molecule has 0 unspecified atom stereocenters. The van der Waals surface area contributed by atoms with Gasteiger partial charge >= 0.3 is 0 Å². The van der Waals surface area contributed by atoms with Crippen molar-refractivity contribution in [1.82, 2.24) is 4.57 Å². The molecule has 0 saturated heterocycles. The molecule has 2 aromatic rings. The van der Waals surface area contributed by atoms with E-state index < -0.39 is 24.3 Å². The van der Waals surface area contributed by atoms with E-state index in [2.05, 4.69) is 15.9 Å². The number of halogens is 5. The summed E-state index contributed by atoms with van der Waals surface area (Å²) in [5, 5.41) is -0.193. The van der Waals surface area contributed by atoms with Crippen LogP contribution < -0.4 is 5.56 Å². The van der Waals surface area contributed by atoms with Crippen molar-refractivity contribution in [3.63, 3.8) is 0 Å². The van der Waals surface area contributed by atoms with E-state index in [1.165, 1.54) is 24.3 Å². The molecule has 7 heteroatoms. The van der Waals surface area contributed by atoms with Gasteiger partial charge in [0.25, 0.3) is 12.0 Å². The lowest BCUT2D eigenvalue weighted by Crippen LogP contribution is -2.25. The predicted octanol–water partition coefficient (Wildman–Crippen LogP) is 4.34. The minimum atomic E-state index is -2.75. The zero-order chi connectivity index (χ0) is 14.9. The Morgan fingerprint density at radius 3 is 2.55 bits per heavy atom. The second kappa shape index (κ2) is 6.01. The smallest absolute Gasteiger partial charge is 0.269 e. The molecule has 0 aliphatic rings. The highest BCUT2D eigenvalue weighted by atomic mass is 79.9. The molecule has 0 spiro atoms. The maximum Gasteiger partial charge on any atom is 0.269 e. The second-order valence-corrected chi connectivity index (χ2v) is 5.23. The van der Waals surface area contributed by atoms with Gasteiger partial charge in [-0.05, 0) is 40.2 Å². The highest BCUT2D eigenvalue weighted by Crippen LogP contribution is 2.30. The summed E-state index contributed by atoms with van der Waals surface area (Å²) in [7, 11) is 0. The van der Waals surface area contributed by atoms with Crippen molar-refractivity contribution >= 4 is 27.5 Å². The predicted molar refractivity (Wildman–Crippen MR) is 74.8 cm³/mol. The number of benzene rings is 1. The van der Waals surface area contributed by atoms with Crippen molar-refractivity contribution in [1.29, 1.82) is 0 Å². The molecule has 0 amide bonds. The highest BCUT2D eigenvalue weighted by molar-refractivity contribution is 9.10. The lowest BCUT2D eigenvalue weighted by Gasteiger charge is -2.14. The van der Waals surface area contributed by atoms with Gasteiger partial charge in [-0.2, -0.15) is 0 Å². The lowest BCUT2D eigenvalue weighted by atomic mass is 10.1. The lowest BCUT2D eigenvalue weighted by molar-refractivity contribution is 0.126. The molecule has 1 aromatic carbocycles. The number of alkyl halides is 2. The zero-order valence-corrected chi connectivity index (χ0v) is 12.3. The molecular formula is C13H8BrClF3NO. The summed E-state index contributed by atoms with van der Waals surface area (Å²) < 4.78 is 40.3. The highest BCUT2D eigenvalue weighted by Gasteiger charge is 2.18. The van der Waals surface area contributed by atoms with E-state index in [-0.39, 0.29) is 16.3 Å². The molecule has 0 N–H and O–H groups in total. The van der Waals surface area contributed by atoms with Crippen LogP contribution in [0.3, 0.4) is 0 Å². The molecule has 0 radical (unpaired) electrons. The van der Waals surface area contributed by atoms with Gasteiger partial charge in [-0.15, -0.1) is 0 Å². The van der Waals surface area contributed by atoms with Gasteiger partial charge < -0.3 is 4.57 Å². The van der Waals surface area contributed by atoms with Gasteiger partial charge in [0.1, 0.15) is 10.8 Å². The van der Waals surface area contributed by atoms with Crippen LogP contribution in [-0.4, -0.2) is 11.0 Å². The van der Waals surface area contributed by atoms with Crippen molar-refractivity contribution in [2.75, 3.05) is 0 Å². The van der Waals surface area contributed by atoms with Crippen LogP contribution in [0.5, 0.6) is 0 Å². The van der Waals surface area contributed by atoms with Crippen LogP contribution in [-0.2, 0) is 6.54 Å². The normalized spacial score (nSPS) is 11.1. The van der Waals surface area contributed by atoms with Crippen LogP contribution in [0.15, 0.2) is 39.6 Å². The number of hydrogen-bond donors (Lipinski definition) is 0. The third-order valence-corrected chi connectivity index (χ3v) is 3.62. The number of hydrogen-bond acceptors (Lipinski definition) is 1. The van der Waals surface area contributed by atoms with E-state index >= 15 is 0 Å². The standard InChI is InChI=1S/C13H8BrClF3NO/c14-7-2-1-3-9(16)12(7)10-5-4-8(15)13(20)19(10)6-11(17)18/h1-5,11H,6H2. The van der Waals surface area contributed by atoms with Gasteiger partial charge in [-0.25, -0.2) is 13.2 Å². The number of rotatable bonds is 3. The summed E-state index contributed by atoms with van der Waals surface area (Å²) in [6.45, 7) is -0.852. The third kappa shape index (κ3) is 2.91. The summed E-state index contributed by atoms with van der Waals surface area (Å²) in [5.41, 5.74) is -0.689. The first-order chi connectivity index (χ1) is 9.41. The minimum absolute atomic E-state index is 0.0434. The molecule has 1 heterocycles. The zero-order valence-electron chi connectivity index (χ0n) is 9.92. The van der Waals surface area contributed by atoms with Crippen molar-refractivity contribution < 1.29 is 13.2 Å². The Kier molecular flexibility index (Phi) is 4.55. The van der Waals surface area contributed by atoms with Crippen molar-refractivity contribution in [2.45, 2.75) is 13.0 Å². The molecule has 0 fully saturated rings. The molecule has 0 saturated carbocycles. The van der Waals surface area contributed by atoms with Gasteiger partial charge in [-0.3, -0.25) is 4.79 Å². The van der Waals surface area contributed by atoms with Gasteiger partial charge in [-0.1, -0.05) is 17.7 Å². The summed E-state index contributed by atoms with van der Waals surface area (Å²) >= 11 is 8.80. The van der Waals surface area contributed by atoms with E-state index in [0.717, 1.165) is 4.57 Å². The summed E-state index contributed by atoms with van der Waals surface area (Å²) in [4.78, 5) is 11.9. The summed E-state index contributed by atoms with van der Waals surface area (Å²) in [6, 6.07) is 6.82. The average molecular weight is 367 g/mol. The molecule has 2 nitrogen and oxygen atoms in total. The van der Waals surface area contributed by atoms with Crippen LogP contribution in [0.4, 0.5) is 13.2 Å². The molecule has 0 aliphatic heterocycles. The van der Waals surface area contributed by atoms with Crippen LogP contribution in [0, 0.1) is 5.82 Å². The largest absolute Gasteiger partial charge is 0.301 e. The topological polar surface area (TPSA) is 22.0 Å². The van der Waals surface area contributed by atoms with E-state index in [1.807, 2.05) is 0 Å². The second-order valence-electron chi connectivity index (χ2n) is 3.97. The Balaban J connectivity index is 2.74. The van der Waals surface area contributed by atoms with Crippen molar-refractivity contribution in [3.8, 4) is 11.3 Å². The van der Waals surface area contributed by atoms with E-state index in [4.69, 9.17) is 11.6 Å². The third-order valence-electron chi connectivity index (χ3n) is 2.67. The Bertz CT molecular complexity index is 682. The maximum atomic E-state index is 13.9. The Hall–Kier alpha value is -1.27. The molecule has 0 atom stereocenters. The van der Waals surface area contributed by atoms with E-state index in [0.29, 0.717) is 4.47 Å². The number of aromatic nitrogens is 1. The molecule has 0 aliphatic carbocycles. The van der Waals surface area contributed by atoms with Gasteiger partial charge in [0.15, 0.2) is 0 Å². The van der Waals surface area contributed by atoms with Gasteiger partial charge in [0.05, 0.1) is 12.2 Å². The minimum Gasteiger partial charge on any atom is -0.301 e. The molecular weight excluding hydrogens is 358 g/mol. The average Bonchev–Trinajstić information content (AvgIpc) is 2.37. The monoisotopic (exact) mass is 365 g/mol. The van der Waals surface area contributed by atoms with Gasteiger partial charge in [0.2, 0.25) is 0 Å². The number of pyridine rings is 1. The maximum absolute atomic E-state index is 13.9. The Morgan fingerprint density at radius 1 is 1.25 bits per heavy atom. The fourth-order valence-electron chi connectivity index (χ4n) is 1.83. The van der Waals surface area contributed by atoms with Gasteiger partial charge in [0, 0.05) is 10.0 Å². The first kappa shape index (κ1) is 15.1. The van der Waals surface area contributed by atoms with Crippen LogP contribution in [0.1, 0.15) is 0 Å². The molecule has 1 aromatic heterocycles. The first-order valence-corrected chi connectivity index (χ1v) is 6.70. The molecule has 20 heavy (non-hydrogen) atoms. The summed E-state index contributed by atoms with van der Waals surface area (Å²) in [6.07, 6.45) is -2.75. The summed E-state index contributed by atoms with van der Waals surface area (Å²) in [5.74, 6) is -0.621. The van der Waals surface area contributed by atoms with Crippen LogP contribution in [0.2, 0.25) is 5.02 Å². The Labute approximate surface area is 125 Å². The number of nitrogens with zero attached hydrogens (tertiary/aromatic N) is 1.